The van der Waals surface area contributed by atoms with Crippen molar-refractivity contribution in [3.05, 3.63) is 77.1 Å². The molecule has 1 unspecified atom stereocenters. The summed E-state index contributed by atoms with van der Waals surface area (Å²) in [5, 5.41) is 10.4. The third-order valence-electron chi connectivity index (χ3n) is 4.22. The van der Waals surface area contributed by atoms with Crippen LogP contribution in [0.25, 0.3) is 0 Å². The number of rotatable bonds is 4. The number of Topliss-reactive ketones (excluding diaryl/α,β-unsaturated/α-hetero) is 1. The van der Waals surface area contributed by atoms with Crippen molar-refractivity contribution >= 4 is 17.4 Å². The number of ketones is 1. The van der Waals surface area contributed by atoms with Crippen molar-refractivity contribution in [3.63, 3.8) is 0 Å². The van der Waals surface area contributed by atoms with E-state index in [4.69, 9.17) is 0 Å². The summed E-state index contributed by atoms with van der Waals surface area (Å²) in [6, 6.07) is 16.2. The number of carbonyl (C=O) groups excluding carboxylic acids is 2. The Morgan fingerprint density at radius 2 is 1.83 bits per heavy atom. The first-order valence-corrected chi connectivity index (χ1v) is 7.96. The van der Waals surface area contributed by atoms with Gasteiger partial charge in [-0.2, -0.15) is 0 Å². The lowest BCUT2D eigenvalue weighted by molar-refractivity contribution is -0.118. The molecule has 0 fully saturated rings. The van der Waals surface area contributed by atoms with E-state index in [0.717, 1.165) is 11.1 Å². The SMILES string of the molecule is CCC(=O)C1=C(O)C(=O)N(c2ccccc2)C1c1cccc(C)c1. The van der Waals surface area contributed by atoms with Crippen molar-refractivity contribution in [1.82, 2.24) is 0 Å². The highest BCUT2D eigenvalue weighted by Crippen LogP contribution is 2.41. The zero-order chi connectivity index (χ0) is 17.3. The number of aryl methyl sites for hydroxylation is 1. The van der Waals surface area contributed by atoms with Crippen molar-refractivity contribution in [2.45, 2.75) is 26.3 Å². The van der Waals surface area contributed by atoms with Gasteiger partial charge in [0.2, 0.25) is 0 Å². The van der Waals surface area contributed by atoms with Gasteiger partial charge in [-0.1, -0.05) is 55.0 Å². The molecule has 24 heavy (non-hydrogen) atoms. The van der Waals surface area contributed by atoms with Crippen LogP contribution in [-0.2, 0) is 9.59 Å². The van der Waals surface area contributed by atoms with Crippen LogP contribution in [0.3, 0.4) is 0 Å². The molecule has 0 saturated carbocycles. The summed E-state index contributed by atoms with van der Waals surface area (Å²) in [4.78, 5) is 26.6. The van der Waals surface area contributed by atoms with E-state index >= 15 is 0 Å². The zero-order valence-electron chi connectivity index (χ0n) is 13.7. The monoisotopic (exact) mass is 321 g/mol. The molecule has 0 aliphatic carbocycles. The van der Waals surface area contributed by atoms with Crippen LogP contribution in [0.15, 0.2) is 65.9 Å². The fraction of sp³-hybridized carbons (Fsp3) is 0.200. The van der Waals surface area contributed by atoms with Crippen LogP contribution in [0.2, 0.25) is 0 Å². The molecule has 4 nitrogen and oxygen atoms in total. The normalized spacial score (nSPS) is 17.5. The van der Waals surface area contributed by atoms with E-state index in [-0.39, 0.29) is 17.8 Å². The maximum atomic E-state index is 12.7. The summed E-state index contributed by atoms with van der Waals surface area (Å²) in [6.45, 7) is 3.68. The second kappa shape index (κ2) is 6.32. The van der Waals surface area contributed by atoms with Crippen LogP contribution in [0.5, 0.6) is 0 Å². The van der Waals surface area contributed by atoms with E-state index in [1.807, 2.05) is 49.4 Å². The average Bonchev–Trinajstić information content (AvgIpc) is 2.86. The molecule has 1 N–H and O–H groups in total. The van der Waals surface area contributed by atoms with Gasteiger partial charge in [-0.25, -0.2) is 0 Å². The molecule has 0 bridgehead atoms. The zero-order valence-corrected chi connectivity index (χ0v) is 13.7. The van der Waals surface area contributed by atoms with Crippen LogP contribution >= 0.6 is 0 Å². The molecule has 1 atom stereocenters. The number of aliphatic hydroxyl groups is 1. The van der Waals surface area contributed by atoms with Crippen molar-refractivity contribution in [2.75, 3.05) is 4.90 Å². The molecule has 0 radical (unpaired) electrons. The lowest BCUT2D eigenvalue weighted by Crippen LogP contribution is -2.31. The minimum Gasteiger partial charge on any atom is -0.503 e. The lowest BCUT2D eigenvalue weighted by atomic mass is 9.94. The molecule has 4 heteroatoms. The summed E-state index contributed by atoms with van der Waals surface area (Å²) >= 11 is 0. The van der Waals surface area contributed by atoms with Gasteiger partial charge in [-0.05, 0) is 24.6 Å². The van der Waals surface area contributed by atoms with E-state index < -0.39 is 17.7 Å². The van der Waals surface area contributed by atoms with Crippen molar-refractivity contribution in [2.24, 2.45) is 0 Å². The van der Waals surface area contributed by atoms with Gasteiger partial charge < -0.3 is 5.11 Å². The van der Waals surface area contributed by atoms with E-state index in [0.29, 0.717) is 5.69 Å². The average molecular weight is 321 g/mol. The highest BCUT2D eigenvalue weighted by atomic mass is 16.3. The number of anilines is 1. The summed E-state index contributed by atoms with van der Waals surface area (Å²) in [7, 11) is 0. The maximum absolute atomic E-state index is 12.7. The van der Waals surface area contributed by atoms with Gasteiger partial charge in [0.05, 0.1) is 11.6 Å². The number of hydrogen-bond acceptors (Lipinski definition) is 3. The summed E-state index contributed by atoms with van der Waals surface area (Å²) in [6.07, 6.45) is 0.234. The van der Waals surface area contributed by atoms with Gasteiger partial charge in [0.1, 0.15) is 0 Å². The number of amides is 1. The third-order valence-corrected chi connectivity index (χ3v) is 4.22. The minimum atomic E-state index is -0.604. The number of hydrogen-bond donors (Lipinski definition) is 1. The van der Waals surface area contributed by atoms with Gasteiger partial charge in [0, 0.05) is 12.1 Å². The second-order valence-electron chi connectivity index (χ2n) is 5.87. The highest BCUT2D eigenvalue weighted by Gasteiger charge is 2.43. The molecular formula is C20H19NO3. The van der Waals surface area contributed by atoms with E-state index in [1.54, 1.807) is 19.1 Å². The van der Waals surface area contributed by atoms with E-state index in [1.165, 1.54) is 4.90 Å². The Morgan fingerprint density at radius 3 is 2.46 bits per heavy atom. The molecule has 1 amide bonds. The maximum Gasteiger partial charge on any atom is 0.294 e. The minimum absolute atomic E-state index is 0.178. The second-order valence-corrected chi connectivity index (χ2v) is 5.87. The molecule has 1 aliphatic heterocycles. The fourth-order valence-corrected chi connectivity index (χ4v) is 3.09. The molecule has 1 heterocycles. The van der Waals surface area contributed by atoms with Crippen LogP contribution in [0, 0.1) is 6.92 Å². The standard InChI is InChI=1S/C20H19NO3/c1-3-16(22)17-18(14-9-7-8-13(2)12-14)21(20(24)19(17)23)15-10-5-4-6-11-15/h4-12,18,23H,3H2,1-2H3. The Bertz CT molecular complexity index is 824. The van der Waals surface area contributed by atoms with Crippen LogP contribution in [-0.4, -0.2) is 16.8 Å². The van der Waals surface area contributed by atoms with Crippen molar-refractivity contribution in [3.8, 4) is 0 Å². The molecule has 2 aromatic carbocycles. The van der Waals surface area contributed by atoms with Crippen molar-refractivity contribution in [1.29, 1.82) is 0 Å². The number of aliphatic hydroxyl groups excluding tert-OH is 1. The van der Waals surface area contributed by atoms with Gasteiger partial charge in [0.15, 0.2) is 11.5 Å². The number of carbonyl (C=O) groups is 2. The molecule has 0 saturated heterocycles. The summed E-state index contributed by atoms with van der Waals surface area (Å²) < 4.78 is 0. The van der Waals surface area contributed by atoms with Gasteiger partial charge in [-0.15, -0.1) is 0 Å². The first-order chi connectivity index (χ1) is 11.5. The van der Waals surface area contributed by atoms with Crippen LogP contribution in [0.1, 0.15) is 30.5 Å². The lowest BCUT2D eigenvalue weighted by Gasteiger charge is -2.27. The molecule has 2 aromatic rings. The third kappa shape index (κ3) is 2.60. The van der Waals surface area contributed by atoms with Gasteiger partial charge >= 0.3 is 0 Å². The first kappa shape index (κ1) is 16.0. The van der Waals surface area contributed by atoms with Gasteiger partial charge in [0.25, 0.3) is 5.91 Å². The first-order valence-electron chi connectivity index (χ1n) is 7.96. The smallest absolute Gasteiger partial charge is 0.294 e. The molecule has 122 valence electrons. The van der Waals surface area contributed by atoms with Crippen molar-refractivity contribution < 1.29 is 14.7 Å². The topological polar surface area (TPSA) is 57.6 Å². The Kier molecular flexibility index (Phi) is 4.21. The summed E-state index contributed by atoms with van der Waals surface area (Å²) in [5.74, 6) is -1.20. The quantitative estimate of drug-likeness (QED) is 0.930. The molecule has 1 aliphatic rings. The molecular weight excluding hydrogens is 302 g/mol. The van der Waals surface area contributed by atoms with Gasteiger partial charge in [-0.3, -0.25) is 14.5 Å². The van der Waals surface area contributed by atoms with E-state index in [2.05, 4.69) is 0 Å². The Labute approximate surface area is 141 Å². The number of benzene rings is 2. The van der Waals surface area contributed by atoms with E-state index in [9.17, 15) is 14.7 Å². The highest BCUT2D eigenvalue weighted by molar-refractivity contribution is 6.16. The number of nitrogens with zero attached hydrogens (tertiary/aromatic N) is 1. The summed E-state index contributed by atoms with van der Waals surface area (Å²) in [5.41, 5.74) is 2.67. The number of para-hydroxylation sites is 1. The predicted octanol–water partition coefficient (Wildman–Crippen LogP) is 3.87. The Hall–Kier alpha value is -2.88. The Morgan fingerprint density at radius 1 is 1.12 bits per heavy atom. The largest absolute Gasteiger partial charge is 0.503 e. The predicted molar refractivity (Wildman–Crippen MR) is 92.8 cm³/mol. The van der Waals surface area contributed by atoms with Crippen LogP contribution in [0.4, 0.5) is 5.69 Å². The van der Waals surface area contributed by atoms with Crippen LogP contribution < -0.4 is 4.90 Å². The molecule has 3 rings (SSSR count). The Balaban J connectivity index is 2.19. The molecule has 0 spiro atoms. The fourth-order valence-electron chi connectivity index (χ4n) is 3.09. The molecule has 0 aromatic heterocycles.